The van der Waals surface area contributed by atoms with E-state index in [1.165, 1.54) is 7.11 Å². The van der Waals surface area contributed by atoms with Crippen LogP contribution in [0.4, 0.5) is 0 Å². The largest absolute Gasteiger partial charge is 0.494 e. The minimum absolute atomic E-state index is 0.0312. The Morgan fingerprint density at radius 3 is 2.79 bits per heavy atom. The van der Waals surface area contributed by atoms with Crippen LogP contribution in [-0.2, 0) is 0 Å². The molecule has 5 nitrogen and oxygen atoms in total. The van der Waals surface area contributed by atoms with Crippen LogP contribution >= 0.6 is 0 Å². The first kappa shape index (κ1) is 16.3. The smallest absolute Gasteiger partial charge is 0.259 e. The summed E-state index contributed by atoms with van der Waals surface area (Å²) in [5, 5.41) is 0. The fraction of sp³-hybridized carbons (Fsp3) is 0.368. The van der Waals surface area contributed by atoms with Crippen LogP contribution in [0.2, 0.25) is 0 Å². The predicted molar refractivity (Wildman–Crippen MR) is 91.4 cm³/mol. The molecule has 1 fully saturated rings. The van der Waals surface area contributed by atoms with Crippen LogP contribution < -0.4 is 9.47 Å². The molecule has 0 bridgehead atoms. The van der Waals surface area contributed by atoms with E-state index in [1.807, 2.05) is 36.1 Å². The molecule has 126 valence electrons. The van der Waals surface area contributed by atoms with Crippen LogP contribution in [0.25, 0.3) is 0 Å². The van der Waals surface area contributed by atoms with Gasteiger partial charge in [0.2, 0.25) is 5.88 Å². The van der Waals surface area contributed by atoms with E-state index < -0.39 is 0 Å². The van der Waals surface area contributed by atoms with Crippen LogP contribution in [0.5, 0.6) is 11.6 Å². The highest BCUT2D eigenvalue weighted by molar-refractivity contribution is 5.96. The van der Waals surface area contributed by atoms with Gasteiger partial charge in [-0.15, -0.1) is 0 Å². The van der Waals surface area contributed by atoms with Crippen LogP contribution in [0.3, 0.4) is 0 Å². The number of hydrogen-bond donors (Lipinski definition) is 0. The molecule has 1 aliphatic rings. The van der Waals surface area contributed by atoms with E-state index in [9.17, 15) is 4.79 Å². The summed E-state index contributed by atoms with van der Waals surface area (Å²) in [6, 6.07) is 11.6. The van der Waals surface area contributed by atoms with Gasteiger partial charge in [-0.05, 0) is 49.6 Å². The van der Waals surface area contributed by atoms with Crippen molar-refractivity contribution in [3.63, 3.8) is 0 Å². The molecule has 1 aliphatic heterocycles. The van der Waals surface area contributed by atoms with Crippen LogP contribution in [0.1, 0.15) is 41.7 Å². The van der Waals surface area contributed by atoms with E-state index in [1.54, 1.807) is 18.3 Å². The number of amides is 1. The molecule has 0 saturated carbocycles. The topological polar surface area (TPSA) is 51.7 Å². The molecule has 1 amide bonds. The van der Waals surface area contributed by atoms with Crippen LogP contribution in [-0.4, -0.2) is 36.1 Å². The summed E-state index contributed by atoms with van der Waals surface area (Å²) in [6.45, 7) is 3.36. The third-order valence-electron chi connectivity index (χ3n) is 4.28. The Bertz CT molecular complexity index is 700. The summed E-state index contributed by atoms with van der Waals surface area (Å²) in [6.07, 6.45) is 3.58. The van der Waals surface area contributed by atoms with Crippen molar-refractivity contribution in [3.05, 3.63) is 53.7 Å². The van der Waals surface area contributed by atoms with Crippen molar-refractivity contribution in [1.82, 2.24) is 9.88 Å². The monoisotopic (exact) mass is 326 g/mol. The van der Waals surface area contributed by atoms with Gasteiger partial charge in [0.05, 0.1) is 19.8 Å². The molecule has 1 saturated heterocycles. The van der Waals surface area contributed by atoms with Gasteiger partial charge in [-0.1, -0.05) is 12.1 Å². The van der Waals surface area contributed by atoms with E-state index >= 15 is 0 Å². The maximum atomic E-state index is 13.0. The summed E-state index contributed by atoms with van der Waals surface area (Å²) < 4.78 is 10.7. The number of rotatable bonds is 5. The minimum atomic E-state index is -0.0312. The van der Waals surface area contributed by atoms with Crippen molar-refractivity contribution in [2.24, 2.45) is 0 Å². The summed E-state index contributed by atoms with van der Waals surface area (Å²) >= 11 is 0. The molecule has 0 aliphatic carbocycles. The zero-order valence-corrected chi connectivity index (χ0v) is 14.1. The van der Waals surface area contributed by atoms with E-state index in [0.717, 1.165) is 30.7 Å². The zero-order valence-electron chi connectivity index (χ0n) is 14.1. The molecule has 24 heavy (non-hydrogen) atoms. The SMILES string of the molecule is CCOc1ccc(C2CCCN2C(=O)c2cccnc2OC)cc1. The lowest BCUT2D eigenvalue weighted by molar-refractivity contribution is 0.0731. The molecule has 1 unspecified atom stereocenters. The fourth-order valence-electron chi connectivity index (χ4n) is 3.18. The number of methoxy groups -OCH3 is 1. The molecule has 2 heterocycles. The number of hydrogen-bond acceptors (Lipinski definition) is 4. The van der Waals surface area contributed by atoms with E-state index in [2.05, 4.69) is 4.98 Å². The molecule has 1 aromatic carbocycles. The number of benzene rings is 1. The number of aromatic nitrogens is 1. The number of ether oxygens (including phenoxy) is 2. The maximum Gasteiger partial charge on any atom is 0.259 e. The Balaban J connectivity index is 1.83. The molecule has 0 N–H and O–H groups in total. The second-order valence-electron chi connectivity index (χ2n) is 5.72. The number of pyridine rings is 1. The lowest BCUT2D eigenvalue weighted by Gasteiger charge is -2.25. The van der Waals surface area contributed by atoms with Crippen molar-refractivity contribution >= 4 is 5.91 Å². The summed E-state index contributed by atoms with van der Waals surface area (Å²) in [5.74, 6) is 1.20. The first-order valence-corrected chi connectivity index (χ1v) is 8.27. The Labute approximate surface area is 142 Å². The van der Waals surface area contributed by atoms with Gasteiger partial charge in [-0.25, -0.2) is 4.98 Å². The van der Waals surface area contributed by atoms with Gasteiger partial charge >= 0.3 is 0 Å². The van der Waals surface area contributed by atoms with E-state index in [4.69, 9.17) is 9.47 Å². The van der Waals surface area contributed by atoms with Gasteiger partial charge in [-0.2, -0.15) is 0 Å². The Kier molecular flexibility index (Phi) is 4.99. The molecular weight excluding hydrogens is 304 g/mol. The summed E-state index contributed by atoms with van der Waals surface area (Å²) in [4.78, 5) is 19.0. The predicted octanol–water partition coefficient (Wildman–Crippen LogP) is 3.47. The number of likely N-dealkylation sites (tertiary alicyclic amines) is 1. The third-order valence-corrected chi connectivity index (χ3v) is 4.28. The Hall–Kier alpha value is -2.56. The number of nitrogens with zero attached hydrogens (tertiary/aromatic N) is 2. The third kappa shape index (κ3) is 3.20. The van der Waals surface area contributed by atoms with Crippen molar-refractivity contribution in [2.45, 2.75) is 25.8 Å². The summed E-state index contributed by atoms with van der Waals surface area (Å²) in [7, 11) is 1.53. The van der Waals surface area contributed by atoms with Crippen LogP contribution in [0.15, 0.2) is 42.6 Å². The molecular formula is C19H22N2O3. The quantitative estimate of drug-likeness (QED) is 0.844. The molecule has 3 rings (SSSR count). The van der Waals surface area contributed by atoms with Gasteiger partial charge in [0.15, 0.2) is 0 Å². The highest BCUT2D eigenvalue weighted by Crippen LogP contribution is 2.34. The number of carbonyl (C=O) groups excluding carboxylic acids is 1. The average Bonchev–Trinajstić information content (AvgIpc) is 3.11. The first-order chi connectivity index (χ1) is 11.7. The second-order valence-corrected chi connectivity index (χ2v) is 5.72. The van der Waals surface area contributed by atoms with Gasteiger partial charge in [-0.3, -0.25) is 4.79 Å². The lowest BCUT2D eigenvalue weighted by atomic mass is 10.0. The van der Waals surface area contributed by atoms with Gasteiger partial charge in [0.1, 0.15) is 11.3 Å². The molecule has 2 aromatic rings. The second kappa shape index (κ2) is 7.34. The van der Waals surface area contributed by atoms with Crippen molar-refractivity contribution in [1.29, 1.82) is 0 Å². The minimum Gasteiger partial charge on any atom is -0.494 e. The highest BCUT2D eigenvalue weighted by atomic mass is 16.5. The van der Waals surface area contributed by atoms with Crippen molar-refractivity contribution in [3.8, 4) is 11.6 Å². The van der Waals surface area contributed by atoms with E-state index in [0.29, 0.717) is 18.1 Å². The zero-order chi connectivity index (χ0) is 16.9. The average molecular weight is 326 g/mol. The molecule has 5 heteroatoms. The van der Waals surface area contributed by atoms with Gasteiger partial charge < -0.3 is 14.4 Å². The Morgan fingerprint density at radius 2 is 2.08 bits per heavy atom. The van der Waals surface area contributed by atoms with Crippen molar-refractivity contribution < 1.29 is 14.3 Å². The van der Waals surface area contributed by atoms with E-state index in [-0.39, 0.29) is 11.9 Å². The fourth-order valence-corrected chi connectivity index (χ4v) is 3.18. The van der Waals surface area contributed by atoms with Gasteiger partial charge in [0, 0.05) is 12.7 Å². The molecule has 0 radical (unpaired) electrons. The molecule has 1 aromatic heterocycles. The first-order valence-electron chi connectivity index (χ1n) is 8.27. The summed E-state index contributed by atoms with van der Waals surface area (Å²) in [5.41, 5.74) is 1.64. The Morgan fingerprint density at radius 1 is 1.29 bits per heavy atom. The van der Waals surface area contributed by atoms with Crippen LogP contribution in [0, 0.1) is 0 Å². The number of carbonyl (C=O) groups is 1. The normalized spacial score (nSPS) is 16.9. The molecule has 0 spiro atoms. The van der Waals surface area contributed by atoms with Crippen molar-refractivity contribution in [2.75, 3.05) is 20.3 Å². The highest BCUT2D eigenvalue weighted by Gasteiger charge is 2.32. The molecule has 1 atom stereocenters. The van der Waals surface area contributed by atoms with Gasteiger partial charge in [0.25, 0.3) is 5.91 Å². The standard InChI is InChI=1S/C19H22N2O3/c1-3-24-15-10-8-14(9-11-15)17-7-5-13-21(17)19(22)16-6-4-12-20-18(16)23-2/h4,6,8-12,17H,3,5,7,13H2,1-2H3. The maximum absolute atomic E-state index is 13.0. The lowest BCUT2D eigenvalue weighted by Crippen LogP contribution is -2.31.